The summed E-state index contributed by atoms with van der Waals surface area (Å²) >= 11 is 0. The maximum absolute atomic E-state index is 13.3. The molecule has 0 bridgehead atoms. The van der Waals surface area contributed by atoms with E-state index >= 15 is 0 Å². The molecule has 5 rings (SSSR count). The van der Waals surface area contributed by atoms with Gasteiger partial charge in [-0.3, -0.25) is 4.79 Å². The molecular formula is C25H32N6O. The molecule has 1 N–H and O–H groups in total. The zero-order chi connectivity index (χ0) is 22.5. The third-order valence-corrected chi connectivity index (χ3v) is 6.40. The largest absolute Gasteiger partial charge is 0.357 e. The molecule has 0 radical (unpaired) electrons. The Kier molecular flexibility index (Phi) is 5.14. The van der Waals surface area contributed by atoms with Gasteiger partial charge in [-0.25, -0.2) is 14.6 Å². The molecule has 2 aliphatic rings. The van der Waals surface area contributed by atoms with Gasteiger partial charge in [0.25, 0.3) is 5.91 Å². The predicted octanol–water partition coefficient (Wildman–Crippen LogP) is 4.30. The van der Waals surface area contributed by atoms with Crippen molar-refractivity contribution in [1.29, 1.82) is 0 Å². The summed E-state index contributed by atoms with van der Waals surface area (Å²) in [6.07, 6.45) is 6.60. The Morgan fingerprint density at radius 3 is 2.56 bits per heavy atom. The number of carbonyl (C=O) groups is 1. The van der Waals surface area contributed by atoms with Crippen LogP contribution in [0, 0.1) is 6.92 Å². The van der Waals surface area contributed by atoms with E-state index in [0.29, 0.717) is 18.0 Å². The Bertz CT molecular complexity index is 1150. The van der Waals surface area contributed by atoms with E-state index in [1.807, 2.05) is 23.9 Å². The van der Waals surface area contributed by atoms with Crippen LogP contribution < -0.4 is 10.2 Å². The first-order valence-electron chi connectivity index (χ1n) is 11.7. The summed E-state index contributed by atoms with van der Waals surface area (Å²) < 4.78 is 1.96. The van der Waals surface area contributed by atoms with Crippen molar-refractivity contribution in [2.45, 2.75) is 71.4 Å². The van der Waals surface area contributed by atoms with Gasteiger partial charge in [0.1, 0.15) is 5.82 Å². The summed E-state index contributed by atoms with van der Waals surface area (Å²) in [7, 11) is 0. The minimum Gasteiger partial charge on any atom is -0.357 e. The van der Waals surface area contributed by atoms with Crippen molar-refractivity contribution in [3.8, 4) is 0 Å². The third kappa shape index (κ3) is 3.96. The fourth-order valence-corrected chi connectivity index (χ4v) is 4.48. The predicted molar refractivity (Wildman–Crippen MR) is 126 cm³/mol. The summed E-state index contributed by atoms with van der Waals surface area (Å²) in [5, 5.41) is 8.70. The molecular weight excluding hydrogens is 400 g/mol. The minimum absolute atomic E-state index is 0.0838. The molecule has 7 nitrogen and oxygen atoms in total. The van der Waals surface area contributed by atoms with Crippen LogP contribution >= 0.6 is 0 Å². The molecule has 1 saturated carbocycles. The number of rotatable bonds is 5. The first kappa shape index (κ1) is 20.9. The highest BCUT2D eigenvalue weighted by molar-refractivity contribution is 6.06. The van der Waals surface area contributed by atoms with Crippen LogP contribution in [0.5, 0.6) is 0 Å². The average Bonchev–Trinajstić information content (AvgIpc) is 3.36. The molecule has 1 aliphatic heterocycles. The first-order valence-corrected chi connectivity index (χ1v) is 11.7. The molecule has 0 atom stereocenters. The van der Waals surface area contributed by atoms with Crippen molar-refractivity contribution in [3.05, 3.63) is 46.9 Å². The molecule has 0 spiro atoms. The fraction of sp³-hybridized carbons (Fsp3) is 0.520. The first-order chi connectivity index (χ1) is 15.3. The Balaban J connectivity index is 1.41. The Morgan fingerprint density at radius 1 is 1.19 bits per heavy atom. The number of fused-ring (bicyclic) bond motifs is 1. The van der Waals surface area contributed by atoms with E-state index in [9.17, 15) is 4.79 Å². The van der Waals surface area contributed by atoms with Crippen LogP contribution in [0.25, 0.3) is 11.0 Å². The van der Waals surface area contributed by atoms with E-state index in [-0.39, 0.29) is 11.4 Å². The van der Waals surface area contributed by atoms with Crippen LogP contribution in [0.1, 0.15) is 79.7 Å². The van der Waals surface area contributed by atoms with Crippen LogP contribution in [-0.2, 0) is 12.1 Å². The zero-order valence-corrected chi connectivity index (χ0v) is 19.5. The van der Waals surface area contributed by atoms with E-state index < -0.39 is 0 Å². The van der Waals surface area contributed by atoms with E-state index in [1.54, 1.807) is 0 Å². The van der Waals surface area contributed by atoms with Crippen LogP contribution in [0.3, 0.4) is 0 Å². The zero-order valence-electron chi connectivity index (χ0n) is 19.5. The molecule has 4 heterocycles. The van der Waals surface area contributed by atoms with E-state index in [4.69, 9.17) is 10.1 Å². The molecule has 0 aromatic carbocycles. The number of anilines is 1. The molecule has 0 unspecified atom stereocenters. The van der Waals surface area contributed by atoms with Gasteiger partial charge in [-0.15, -0.1) is 0 Å². The molecule has 1 saturated heterocycles. The molecule has 1 amide bonds. The number of nitrogens with one attached hydrogen (secondary N) is 1. The van der Waals surface area contributed by atoms with E-state index in [2.05, 4.69) is 48.1 Å². The fourth-order valence-electron chi connectivity index (χ4n) is 4.48. The standard InChI is InChI=1S/C25H32N6O/c1-16-22-19(13-20(18-8-9-18)28-23(22)31(29-16)25(2,3)4)24(32)27-15-17-7-10-21(26-14-17)30-11-5-6-12-30/h7,10,13-14,18H,5-6,8-9,11-12,15H2,1-4H3,(H,27,32). The number of hydrogen-bond acceptors (Lipinski definition) is 5. The summed E-state index contributed by atoms with van der Waals surface area (Å²) in [5.74, 6) is 1.39. The van der Waals surface area contributed by atoms with Gasteiger partial charge >= 0.3 is 0 Å². The summed E-state index contributed by atoms with van der Waals surface area (Å²) in [4.78, 5) is 25.2. The van der Waals surface area contributed by atoms with Crippen molar-refractivity contribution in [2.75, 3.05) is 18.0 Å². The summed E-state index contributed by atoms with van der Waals surface area (Å²) in [6.45, 7) is 10.9. The van der Waals surface area contributed by atoms with Gasteiger partial charge in [0.05, 0.1) is 22.2 Å². The SMILES string of the molecule is Cc1nn(C(C)(C)C)c2nc(C3CC3)cc(C(=O)NCc3ccc(N4CCCC4)nc3)c12. The Labute approximate surface area is 189 Å². The molecule has 3 aromatic heterocycles. The Hall–Kier alpha value is -2.96. The lowest BCUT2D eigenvalue weighted by Gasteiger charge is -2.20. The van der Waals surface area contributed by atoms with Gasteiger partial charge in [0, 0.05) is 37.4 Å². The van der Waals surface area contributed by atoms with E-state index in [0.717, 1.165) is 59.7 Å². The van der Waals surface area contributed by atoms with Crippen molar-refractivity contribution in [2.24, 2.45) is 0 Å². The number of nitrogens with zero attached hydrogens (tertiary/aromatic N) is 5. The second-order valence-electron chi connectivity index (χ2n) is 10.1. The molecule has 3 aromatic rings. The van der Waals surface area contributed by atoms with Crippen LogP contribution in [0.4, 0.5) is 5.82 Å². The second kappa shape index (κ2) is 7.87. The summed E-state index contributed by atoms with van der Waals surface area (Å²) in [6, 6.07) is 6.09. The molecule has 168 valence electrons. The van der Waals surface area contributed by atoms with Crippen molar-refractivity contribution in [3.63, 3.8) is 0 Å². The quantitative estimate of drug-likeness (QED) is 0.651. The molecule has 32 heavy (non-hydrogen) atoms. The maximum atomic E-state index is 13.3. The lowest BCUT2D eigenvalue weighted by Crippen LogP contribution is -2.25. The second-order valence-corrected chi connectivity index (χ2v) is 10.1. The smallest absolute Gasteiger partial charge is 0.252 e. The molecule has 2 fully saturated rings. The van der Waals surface area contributed by atoms with Crippen molar-refractivity contribution >= 4 is 22.8 Å². The van der Waals surface area contributed by atoms with Gasteiger partial charge in [0.15, 0.2) is 5.65 Å². The normalized spacial score (nSPS) is 16.7. The lowest BCUT2D eigenvalue weighted by atomic mass is 10.1. The number of aromatic nitrogens is 4. The monoisotopic (exact) mass is 432 g/mol. The van der Waals surface area contributed by atoms with Crippen LogP contribution in [0.2, 0.25) is 0 Å². The number of amides is 1. The third-order valence-electron chi connectivity index (χ3n) is 6.40. The van der Waals surface area contributed by atoms with Gasteiger partial charge < -0.3 is 10.2 Å². The van der Waals surface area contributed by atoms with Gasteiger partial charge in [-0.1, -0.05) is 6.07 Å². The van der Waals surface area contributed by atoms with Crippen LogP contribution in [-0.4, -0.2) is 38.7 Å². The minimum atomic E-state index is -0.210. The van der Waals surface area contributed by atoms with Crippen LogP contribution in [0.15, 0.2) is 24.4 Å². The maximum Gasteiger partial charge on any atom is 0.252 e. The Morgan fingerprint density at radius 2 is 1.94 bits per heavy atom. The molecule has 7 heteroatoms. The topological polar surface area (TPSA) is 75.9 Å². The highest BCUT2D eigenvalue weighted by Gasteiger charge is 2.30. The number of hydrogen-bond donors (Lipinski definition) is 1. The van der Waals surface area contributed by atoms with Gasteiger partial charge in [0.2, 0.25) is 0 Å². The highest BCUT2D eigenvalue weighted by Crippen LogP contribution is 2.41. The van der Waals surface area contributed by atoms with Gasteiger partial charge in [-0.2, -0.15) is 5.10 Å². The van der Waals surface area contributed by atoms with E-state index in [1.165, 1.54) is 12.8 Å². The number of carbonyl (C=O) groups excluding carboxylic acids is 1. The highest BCUT2D eigenvalue weighted by atomic mass is 16.1. The number of aryl methyl sites for hydroxylation is 1. The molecule has 1 aliphatic carbocycles. The number of pyridine rings is 2. The summed E-state index contributed by atoms with van der Waals surface area (Å²) in [5.41, 5.74) is 4.11. The van der Waals surface area contributed by atoms with Crippen molar-refractivity contribution < 1.29 is 4.79 Å². The van der Waals surface area contributed by atoms with Gasteiger partial charge in [-0.05, 0) is 71.1 Å². The lowest BCUT2D eigenvalue weighted by molar-refractivity contribution is 0.0952. The van der Waals surface area contributed by atoms with Crippen molar-refractivity contribution in [1.82, 2.24) is 25.1 Å². The average molecular weight is 433 g/mol.